The molecule has 7 rings (SSSR count). The van der Waals surface area contributed by atoms with Crippen molar-refractivity contribution in [3.63, 3.8) is 0 Å². The minimum atomic E-state index is 0.0589. The summed E-state index contributed by atoms with van der Waals surface area (Å²) in [6.07, 6.45) is 0. The van der Waals surface area contributed by atoms with Crippen LogP contribution < -0.4 is 0 Å². The van der Waals surface area contributed by atoms with E-state index >= 15 is 0 Å². The molecular weight excluding hydrogens is 476 g/mol. The van der Waals surface area contributed by atoms with Gasteiger partial charge in [-0.1, -0.05) is 108 Å². The first-order valence-corrected chi connectivity index (χ1v) is 14.4. The summed E-state index contributed by atoms with van der Waals surface area (Å²) in [5, 5.41) is 11.0. The quantitative estimate of drug-likeness (QED) is 0.117. The Kier molecular flexibility index (Phi) is 4.95. The summed E-state index contributed by atoms with van der Waals surface area (Å²) in [6, 6.07) is 34.5. The minimum Gasteiger partial charge on any atom is -0.0622 e. The largest absolute Gasteiger partial charge is 0.247 e. The molecular formula is C37H33S+. The van der Waals surface area contributed by atoms with Crippen molar-refractivity contribution in [3.05, 3.63) is 102 Å². The molecule has 0 spiro atoms. The molecule has 0 nitrogen and oxygen atoms in total. The Bertz CT molecular complexity index is 2020. The van der Waals surface area contributed by atoms with Crippen LogP contribution in [0.2, 0.25) is 0 Å². The Morgan fingerprint density at radius 3 is 1.68 bits per heavy atom. The molecule has 186 valence electrons. The first-order valence-electron chi connectivity index (χ1n) is 13.6. The lowest BCUT2D eigenvalue weighted by atomic mass is 9.80. The van der Waals surface area contributed by atoms with E-state index in [1.165, 1.54) is 74.7 Å². The van der Waals surface area contributed by atoms with Crippen LogP contribution in [0.5, 0.6) is 0 Å². The van der Waals surface area contributed by atoms with Crippen molar-refractivity contribution in [1.29, 1.82) is 0 Å². The number of fused-ring (bicyclic) bond motifs is 4. The zero-order valence-electron chi connectivity index (χ0n) is 23.1. The lowest BCUT2D eigenvalue weighted by Gasteiger charge is -2.24. The van der Waals surface area contributed by atoms with Crippen molar-refractivity contribution in [3.8, 4) is 11.1 Å². The van der Waals surface area contributed by atoms with Crippen molar-refractivity contribution >= 4 is 63.8 Å². The van der Waals surface area contributed by atoms with E-state index in [1.54, 1.807) is 0 Å². The van der Waals surface area contributed by atoms with Gasteiger partial charge in [0.15, 0.2) is 0 Å². The summed E-state index contributed by atoms with van der Waals surface area (Å²) in [7, 11) is 0. The Morgan fingerprint density at radius 2 is 1.05 bits per heavy atom. The van der Waals surface area contributed by atoms with Crippen molar-refractivity contribution < 1.29 is 0 Å². The topological polar surface area (TPSA) is 0 Å². The van der Waals surface area contributed by atoms with E-state index in [1.807, 2.05) is 11.3 Å². The van der Waals surface area contributed by atoms with Gasteiger partial charge in [0, 0.05) is 27.8 Å². The first-order chi connectivity index (χ1) is 18.1. The fourth-order valence-electron chi connectivity index (χ4n) is 6.09. The summed E-state index contributed by atoms with van der Waals surface area (Å²) in [5.41, 5.74) is 5.54. The summed E-state index contributed by atoms with van der Waals surface area (Å²) in [4.78, 5) is 0. The molecule has 0 aliphatic rings. The fourth-order valence-corrected chi connectivity index (χ4v) is 7.33. The van der Waals surface area contributed by atoms with Gasteiger partial charge in [-0.3, -0.25) is 0 Å². The number of hydrogen-bond acceptors (Lipinski definition) is 0. The fraction of sp³-hybridized carbons (Fsp3) is 0.216. The molecule has 0 fully saturated rings. The molecule has 6 aromatic carbocycles. The maximum absolute atomic E-state index is 2.50. The molecule has 1 aromatic heterocycles. The van der Waals surface area contributed by atoms with Gasteiger partial charge in [0.25, 0.3) is 0 Å². The maximum Gasteiger partial charge on any atom is 0.247 e. The predicted molar refractivity (Wildman–Crippen MR) is 170 cm³/mol. The summed E-state index contributed by atoms with van der Waals surface area (Å²) in [5.74, 6) is 0. The maximum atomic E-state index is 2.50. The van der Waals surface area contributed by atoms with E-state index in [4.69, 9.17) is 0 Å². The van der Waals surface area contributed by atoms with Gasteiger partial charge in [-0.15, -0.1) is 0 Å². The number of benzene rings is 6. The number of rotatable bonds is 1. The highest BCUT2D eigenvalue weighted by atomic mass is 32.1. The zero-order chi connectivity index (χ0) is 26.4. The first kappa shape index (κ1) is 23.6. The molecule has 38 heavy (non-hydrogen) atoms. The monoisotopic (exact) mass is 509 g/mol. The normalized spacial score (nSPS) is 13.0. The molecule has 0 aliphatic heterocycles. The second-order valence-electron chi connectivity index (χ2n) is 12.9. The van der Waals surface area contributed by atoms with Gasteiger partial charge in [0.2, 0.25) is 20.7 Å². The third kappa shape index (κ3) is 3.45. The molecule has 7 aromatic rings. The molecule has 0 saturated heterocycles. The highest BCUT2D eigenvalue weighted by Crippen LogP contribution is 2.50. The highest BCUT2D eigenvalue weighted by molar-refractivity contribution is 7.25. The minimum absolute atomic E-state index is 0.0589. The van der Waals surface area contributed by atoms with Gasteiger partial charge in [-0.2, -0.15) is 0 Å². The summed E-state index contributed by atoms with van der Waals surface area (Å²) in [6.45, 7) is 14.0. The standard InChI is InChI=1S/C37H33S/c1-36(2,3)25-18-23-16-17-24-19-26(37(4,5)6)21-29-33(24)32(23)28(20-25)34-31(22-12-8-7-9-13-22)27-14-10-11-15-30(27)38-35(29)34/h7-21H,1-6H3/q+1. The van der Waals surface area contributed by atoms with Crippen molar-refractivity contribution in [2.24, 2.45) is 0 Å². The van der Waals surface area contributed by atoms with Crippen LogP contribution in [-0.4, -0.2) is 0 Å². The van der Waals surface area contributed by atoms with Crippen LogP contribution in [0.3, 0.4) is 0 Å². The molecule has 0 N–H and O–H groups in total. The average Bonchev–Trinajstić information content (AvgIpc) is 2.89. The molecule has 0 atom stereocenters. The van der Waals surface area contributed by atoms with E-state index in [2.05, 4.69) is 133 Å². The van der Waals surface area contributed by atoms with Crippen LogP contribution >= 0.6 is 11.3 Å². The van der Waals surface area contributed by atoms with E-state index < -0.39 is 0 Å². The molecule has 0 bridgehead atoms. The van der Waals surface area contributed by atoms with Crippen LogP contribution in [-0.2, 0) is 10.8 Å². The average molecular weight is 510 g/mol. The SMILES string of the molecule is CC(C)(C)c1cc2ccc3cc(C(C)(C)C)cc4c5c(-c6ccccc6)c6ccccc6[s+]c5c(c1)c2c34. The molecule has 0 radical (unpaired) electrons. The van der Waals surface area contributed by atoms with Gasteiger partial charge < -0.3 is 0 Å². The second kappa shape index (κ2) is 7.98. The van der Waals surface area contributed by atoms with Crippen LogP contribution in [0.25, 0.3) is 63.6 Å². The van der Waals surface area contributed by atoms with Crippen LogP contribution in [0.1, 0.15) is 52.7 Å². The summed E-state index contributed by atoms with van der Waals surface area (Å²) < 4.78 is 2.73. The Hall–Kier alpha value is -3.55. The van der Waals surface area contributed by atoms with Gasteiger partial charge in [0.1, 0.15) is 0 Å². The lowest BCUT2D eigenvalue weighted by Crippen LogP contribution is -2.12. The second-order valence-corrected chi connectivity index (χ2v) is 13.9. The van der Waals surface area contributed by atoms with Gasteiger partial charge in [-0.05, 0) is 67.3 Å². The van der Waals surface area contributed by atoms with Crippen LogP contribution in [0.4, 0.5) is 0 Å². The summed E-state index contributed by atoms with van der Waals surface area (Å²) >= 11 is 1.95. The predicted octanol–water partition coefficient (Wildman–Crippen LogP) is 11.5. The van der Waals surface area contributed by atoms with Crippen molar-refractivity contribution in [2.45, 2.75) is 52.4 Å². The number of hydrogen-bond donors (Lipinski definition) is 0. The van der Waals surface area contributed by atoms with E-state index in [0.29, 0.717) is 0 Å². The van der Waals surface area contributed by atoms with E-state index in [0.717, 1.165) is 0 Å². The van der Waals surface area contributed by atoms with E-state index in [9.17, 15) is 0 Å². The molecule has 1 heteroatoms. The smallest absolute Gasteiger partial charge is 0.0622 e. The van der Waals surface area contributed by atoms with Gasteiger partial charge in [0.05, 0.1) is 5.39 Å². The molecule has 0 amide bonds. The Morgan fingerprint density at radius 1 is 0.500 bits per heavy atom. The molecule has 0 unspecified atom stereocenters. The van der Waals surface area contributed by atoms with Gasteiger partial charge in [-0.25, -0.2) is 0 Å². The highest BCUT2D eigenvalue weighted by Gasteiger charge is 2.28. The zero-order valence-corrected chi connectivity index (χ0v) is 23.9. The molecule has 0 aliphatic carbocycles. The van der Waals surface area contributed by atoms with Crippen LogP contribution in [0.15, 0.2) is 91.0 Å². The van der Waals surface area contributed by atoms with Gasteiger partial charge >= 0.3 is 0 Å². The lowest BCUT2D eigenvalue weighted by molar-refractivity contribution is 0.591. The third-order valence-electron chi connectivity index (χ3n) is 8.18. The molecule has 0 saturated carbocycles. The van der Waals surface area contributed by atoms with E-state index in [-0.39, 0.29) is 10.8 Å². The van der Waals surface area contributed by atoms with Crippen molar-refractivity contribution in [2.75, 3.05) is 0 Å². The Labute approximate surface area is 228 Å². The van der Waals surface area contributed by atoms with Crippen LogP contribution in [0, 0.1) is 0 Å². The molecule has 1 heterocycles. The Balaban J connectivity index is 1.85. The third-order valence-corrected chi connectivity index (χ3v) is 9.39. The van der Waals surface area contributed by atoms with Crippen molar-refractivity contribution in [1.82, 2.24) is 0 Å².